The fraction of sp³-hybridized carbons (Fsp3) is 0.289. The second-order valence-corrected chi connectivity index (χ2v) is 21.2. The monoisotopic (exact) mass is 816 g/mol. The molecule has 8 rings (SSSR count). The molecule has 2 aliphatic heterocycles. The third-order valence-corrected chi connectivity index (χ3v) is 17.3. The maximum Gasteiger partial charge on any atom is 0.261 e. The first-order valence-corrected chi connectivity index (χ1v) is 21.5. The number of hydrogen-bond donors (Lipinski definition) is 3. The van der Waals surface area contributed by atoms with E-state index in [4.69, 9.17) is 9.16 Å². The van der Waals surface area contributed by atoms with E-state index >= 15 is 0 Å². The first-order chi connectivity index (χ1) is 26.4. The molecule has 1 aliphatic carbocycles. The number of fused-ring (bicyclic) bond motifs is 3. The van der Waals surface area contributed by atoms with Crippen molar-refractivity contribution in [1.29, 1.82) is 0 Å². The van der Waals surface area contributed by atoms with Crippen molar-refractivity contribution >= 4 is 63.5 Å². The molecular weight excluding hydrogens is 772 g/mol. The van der Waals surface area contributed by atoms with Crippen LogP contribution in [-0.4, -0.2) is 42.7 Å². The Hall–Kier alpha value is -4.58. The van der Waals surface area contributed by atoms with Crippen molar-refractivity contribution in [3.05, 3.63) is 143 Å². The first-order valence-electron chi connectivity index (χ1n) is 18.8. The van der Waals surface area contributed by atoms with Gasteiger partial charge in [-0.1, -0.05) is 116 Å². The summed E-state index contributed by atoms with van der Waals surface area (Å²) in [6, 6.07) is 42.7. The number of phenols is 1. The van der Waals surface area contributed by atoms with Crippen molar-refractivity contribution in [3.8, 4) is 5.75 Å². The second kappa shape index (κ2) is 14.5. The zero-order chi connectivity index (χ0) is 38.5. The number of halogens is 1. The van der Waals surface area contributed by atoms with Gasteiger partial charge in [-0.25, -0.2) is 0 Å². The van der Waals surface area contributed by atoms with E-state index in [-0.39, 0.29) is 42.1 Å². The summed E-state index contributed by atoms with van der Waals surface area (Å²) in [6.07, 6.45) is -0.284. The van der Waals surface area contributed by atoms with E-state index in [0.717, 1.165) is 26.2 Å². The number of imide groups is 1. The molecule has 2 amide bonds. The summed E-state index contributed by atoms with van der Waals surface area (Å²) >= 11 is 3.52. The van der Waals surface area contributed by atoms with Crippen molar-refractivity contribution in [1.82, 2.24) is 0 Å². The molecular formula is C45H45BrN2O6Si. The minimum absolute atomic E-state index is 0.0340. The number of amides is 2. The van der Waals surface area contributed by atoms with Gasteiger partial charge in [-0.05, 0) is 82.9 Å². The van der Waals surface area contributed by atoms with Gasteiger partial charge in [-0.3, -0.25) is 14.5 Å². The number of anilines is 3. The summed E-state index contributed by atoms with van der Waals surface area (Å²) < 4.78 is 14.8. The van der Waals surface area contributed by atoms with Crippen LogP contribution < -0.4 is 20.6 Å². The summed E-state index contributed by atoms with van der Waals surface area (Å²) in [5, 5.41) is 29.1. The van der Waals surface area contributed by atoms with Gasteiger partial charge in [0.25, 0.3) is 8.32 Å². The van der Waals surface area contributed by atoms with Crippen LogP contribution in [-0.2, 0) is 18.8 Å². The van der Waals surface area contributed by atoms with Gasteiger partial charge in [-0.15, -0.1) is 0 Å². The van der Waals surface area contributed by atoms with Gasteiger partial charge >= 0.3 is 0 Å². The number of benzene rings is 5. The van der Waals surface area contributed by atoms with E-state index in [1.165, 1.54) is 4.90 Å². The number of para-hydroxylation sites is 1. The number of nitrogens with one attached hydrogen (secondary N) is 1. The molecule has 0 spiro atoms. The normalized spacial score (nSPS) is 25.1. The Morgan fingerprint density at radius 1 is 0.818 bits per heavy atom. The summed E-state index contributed by atoms with van der Waals surface area (Å²) in [4.78, 5) is 30.3. The Balaban J connectivity index is 1.17. The largest absolute Gasteiger partial charge is 0.508 e. The lowest BCUT2D eigenvalue weighted by atomic mass is 9.64. The highest BCUT2D eigenvalue weighted by Gasteiger charge is 2.67. The number of carbonyl (C=O) groups is 2. The SMILES string of the molecule is CC(C)(C)[Si](OC[C@H]1C[C@@H]2C(=O)N(c3ccc(Nc4ccccc4)cc3)C(=O)[C@@H]2[C@@H]2C[C@@H](c3cc(Br)ccc3O)O[C@]12O)(c1ccccc1)c1ccccc1. The van der Waals surface area contributed by atoms with Crippen LogP contribution in [0.5, 0.6) is 5.75 Å². The molecule has 6 atom stereocenters. The Morgan fingerprint density at radius 3 is 2.00 bits per heavy atom. The highest BCUT2D eigenvalue weighted by Crippen LogP contribution is 2.59. The summed E-state index contributed by atoms with van der Waals surface area (Å²) in [5.41, 5.74) is 2.73. The number of rotatable bonds is 9. The second-order valence-electron chi connectivity index (χ2n) is 16.0. The molecule has 3 fully saturated rings. The number of hydrogen-bond acceptors (Lipinski definition) is 7. The van der Waals surface area contributed by atoms with Gasteiger partial charge in [0, 0.05) is 39.9 Å². The predicted molar refractivity (Wildman–Crippen MR) is 220 cm³/mol. The van der Waals surface area contributed by atoms with Gasteiger partial charge in [0.05, 0.1) is 23.6 Å². The molecule has 0 bridgehead atoms. The summed E-state index contributed by atoms with van der Waals surface area (Å²) in [6.45, 7) is 6.69. The highest BCUT2D eigenvalue weighted by molar-refractivity contribution is 9.10. The Bertz CT molecular complexity index is 2140. The maximum absolute atomic E-state index is 14.5. The Morgan fingerprint density at radius 2 is 1.40 bits per heavy atom. The molecule has 0 radical (unpaired) electrons. The average Bonchev–Trinajstić information content (AvgIpc) is 3.66. The van der Waals surface area contributed by atoms with Gasteiger partial charge < -0.3 is 24.7 Å². The molecule has 5 aromatic rings. The van der Waals surface area contributed by atoms with Crippen LogP contribution in [0.3, 0.4) is 0 Å². The average molecular weight is 818 g/mol. The van der Waals surface area contributed by atoms with Crippen LogP contribution in [0.25, 0.3) is 0 Å². The van der Waals surface area contributed by atoms with E-state index in [9.17, 15) is 19.8 Å². The lowest BCUT2D eigenvalue weighted by molar-refractivity contribution is -0.273. The molecule has 5 aromatic carbocycles. The number of aliphatic hydroxyl groups is 1. The van der Waals surface area contributed by atoms with Crippen molar-refractivity contribution in [2.45, 2.75) is 50.5 Å². The number of ether oxygens (including phenoxy) is 1. The molecule has 3 aliphatic rings. The van der Waals surface area contributed by atoms with E-state index < -0.39 is 43.9 Å². The number of aromatic hydroxyl groups is 1. The van der Waals surface area contributed by atoms with Crippen LogP contribution in [0.1, 0.15) is 45.3 Å². The fourth-order valence-electron chi connectivity index (χ4n) is 9.28. The van der Waals surface area contributed by atoms with Gasteiger partial charge in [-0.2, -0.15) is 0 Å². The standard InChI is InChI=1S/C45H45BrN2O6Si/c1-44(2,3)55(34-15-9-5-10-16-34,35-17-11-6-12-18-35)53-28-29-25-37-41(38-27-40(54-45(29,38)52)36-26-30(46)19-24-39(36)49)43(51)48(42(37)50)33-22-20-32(21-23-33)47-31-13-7-4-8-14-31/h4-24,26,29,37-38,40-41,47,49,52H,25,27-28H2,1-3H3/t29-,37+,38+,40+,41+,45-/m1/s1. The van der Waals surface area contributed by atoms with Crippen LogP contribution in [0.15, 0.2) is 138 Å². The number of phenolic OH excluding ortho intramolecular Hbond substituents is 1. The molecule has 10 heteroatoms. The smallest absolute Gasteiger partial charge is 0.261 e. The number of carbonyl (C=O) groups excluding carboxylic acids is 2. The van der Waals surface area contributed by atoms with E-state index in [0.29, 0.717) is 11.3 Å². The molecule has 2 saturated heterocycles. The molecule has 8 nitrogen and oxygen atoms in total. The topological polar surface area (TPSA) is 108 Å². The molecule has 55 heavy (non-hydrogen) atoms. The molecule has 282 valence electrons. The van der Waals surface area contributed by atoms with Gasteiger partial charge in [0.15, 0.2) is 5.79 Å². The lowest BCUT2D eigenvalue weighted by Crippen LogP contribution is -2.67. The minimum atomic E-state index is -3.05. The Labute approximate surface area is 331 Å². The quantitative estimate of drug-likeness (QED) is 0.102. The number of nitrogens with zero attached hydrogens (tertiary/aromatic N) is 1. The van der Waals surface area contributed by atoms with Gasteiger partial charge in [0.1, 0.15) is 5.75 Å². The van der Waals surface area contributed by atoms with E-state index in [2.05, 4.69) is 66.3 Å². The zero-order valence-electron chi connectivity index (χ0n) is 31.1. The zero-order valence-corrected chi connectivity index (χ0v) is 33.6. The van der Waals surface area contributed by atoms with E-state index in [1.54, 1.807) is 30.3 Å². The molecule has 0 aromatic heterocycles. The predicted octanol–water partition coefficient (Wildman–Crippen LogP) is 8.07. The third-order valence-electron chi connectivity index (χ3n) is 11.8. The molecule has 0 unspecified atom stereocenters. The maximum atomic E-state index is 14.5. The van der Waals surface area contributed by atoms with E-state index in [1.807, 2.05) is 78.9 Å². The van der Waals surface area contributed by atoms with Gasteiger partial charge in [0.2, 0.25) is 11.8 Å². The minimum Gasteiger partial charge on any atom is -0.508 e. The summed E-state index contributed by atoms with van der Waals surface area (Å²) in [7, 11) is -3.05. The van der Waals surface area contributed by atoms with Crippen LogP contribution in [0.2, 0.25) is 5.04 Å². The molecule has 1 saturated carbocycles. The fourth-order valence-corrected chi connectivity index (χ4v) is 14.3. The van der Waals surface area contributed by atoms with Crippen LogP contribution in [0, 0.1) is 23.7 Å². The van der Waals surface area contributed by atoms with Crippen molar-refractivity contribution in [2.24, 2.45) is 23.7 Å². The highest BCUT2D eigenvalue weighted by atomic mass is 79.9. The van der Waals surface area contributed by atoms with Crippen molar-refractivity contribution < 1.29 is 29.0 Å². The van der Waals surface area contributed by atoms with Crippen molar-refractivity contribution in [2.75, 3.05) is 16.8 Å². The molecule has 3 N–H and O–H groups in total. The van der Waals surface area contributed by atoms with Crippen LogP contribution in [0.4, 0.5) is 17.1 Å². The van der Waals surface area contributed by atoms with Crippen molar-refractivity contribution in [3.63, 3.8) is 0 Å². The molecule has 2 heterocycles. The van der Waals surface area contributed by atoms with Crippen LogP contribution >= 0.6 is 15.9 Å². The Kier molecular flexibility index (Phi) is 9.84. The third kappa shape index (κ3) is 6.53. The first kappa shape index (κ1) is 37.3. The summed E-state index contributed by atoms with van der Waals surface area (Å²) in [5.74, 6) is -5.32. The lowest BCUT2D eigenvalue weighted by Gasteiger charge is -2.48.